The number of amidine groups is 1. The zero-order valence-corrected chi connectivity index (χ0v) is 18.6. The van der Waals surface area contributed by atoms with E-state index in [1.807, 2.05) is 19.9 Å². The van der Waals surface area contributed by atoms with Crippen molar-refractivity contribution in [2.75, 3.05) is 13.1 Å². The van der Waals surface area contributed by atoms with Crippen molar-refractivity contribution in [1.82, 2.24) is 15.3 Å². The third kappa shape index (κ3) is 8.30. The summed E-state index contributed by atoms with van der Waals surface area (Å²) in [6.07, 6.45) is 3.41. The number of hydrogen-bond acceptors (Lipinski definition) is 4. The second-order valence-corrected chi connectivity index (χ2v) is 7.97. The van der Waals surface area contributed by atoms with E-state index in [1.165, 1.54) is 11.1 Å². The maximum absolute atomic E-state index is 6.16. The van der Waals surface area contributed by atoms with Gasteiger partial charge in [-0.05, 0) is 43.9 Å². The van der Waals surface area contributed by atoms with E-state index in [1.54, 1.807) is 0 Å². The summed E-state index contributed by atoms with van der Waals surface area (Å²) in [4.78, 5) is 13.4. The van der Waals surface area contributed by atoms with Crippen molar-refractivity contribution in [3.05, 3.63) is 95.1 Å². The van der Waals surface area contributed by atoms with Gasteiger partial charge < -0.3 is 11.1 Å². The molecule has 0 atom stereocenters. The normalized spacial score (nSPS) is 11.8. The van der Waals surface area contributed by atoms with Gasteiger partial charge in [-0.3, -0.25) is 4.99 Å². The fraction of sp³-hybridized carbons (Fsp3) is 0.346. The summed E-state index contributed by atoms with van der Waals surface area (Å²) in [6, 6.07) is 23.6. The van der Waals surface area contributed by atoms with Crippen molar-refractivity contribution >= 4 is 5.84 Å². The standard InChI is InChI=1S/C26H33N5/c1-20-17-21(2)31-26(30-20)14-16-29-25(27)13-15-28-24(18-22-9-5-3-6-10-22)19-23-11-7-4-8-12-23/h3-12,17,24,28H,13-16,18-19H2,1-2H3,(H2,27,29). The molecule has 5 heteroatoms. The quantitative estimate of drug-likeness (QED) is 0.369. The molecule has 0 amide bonds. The molecule has 31 heavy (non-hydrogen) atoms. The van der Waals surface area contributed by atoms with Crippen molar-refractivity contribution < 1.29 is 0 Å². The molecule has 0 fully saturated rings. The van der Waals surface area contributed by atoms with E-state index >= 15 is 0 Å². The van der Waals surface area contributed by atoms with Gasteiger partial charge >= 0.3 is 0 Å². The smallest absolute Gasteiger partial charge is 0.130 e. The lowest BCUT2D eigenvalue weighted by Gasteiger charge is -2.19. The Morgan fingerprint density at radius 3 is 2.00 bits per heavy atom. The van der Waals surface area contributed by atoms with Gasteiger partial charge in [0.25, 0.3) is 0 Å². The van der Waals surface area contributed by atoms with E-state index in [0.29, 0.717) is 24.8 Å². The number of aliphatic imine (C=N–C) groups is 1. The lowest BCUT2D eigenvalue weighted by atomic mass is 9.99. The van der Waals surface area contributed by atoms with Crippen LogP contribution < -0.4 is 11.1 Å². The van der Waals surface area contributed by atoms with Crippen molar-refractivity contribution in [2.24, 2.45) is 10.7 Å². The first kappa shape index (κ1) is 22.6. The number of nitrogens with one attached hydrogen (secondary N) is 1. The highest BCUT2D eigenvalue weighted by Crippen LogP contribution is 2.09. The number of benzene rings is 2. The van der Waals surface area contributed by atoms with Crippen LogP contribution in [0.2, 0.25) is 0 Å². The molecule has 1 heterocycles. The number of nitrogens with zero attached hydrogens (tertiary/aromatic N) is 3. The van der Waals surface area contributed by atoms with Crippen LogP contribution in [-0.4, -0.2) is 34.9 Å². The van der Waals surface area contributed by atoms with Gasteiger partial charge in [0.15, 0.2) is 0 Å². The molecule has 162 valence electrons. The fourth-order valence-corrected chi connectivity index (χ4v) is 3.71. The third-order valence-corrected chi connectivity index (χ3v) is 5.14. The SMILES string of the molecule is Cc1cc(C)nc(CCN=C(N)CCNC(Cc2ccccc2)Cc2ccccc2)n1. The zero-order chi connectivity index (χ0) is 21.9. The summed E-state index contributed by atoms with van der Waals surface area (Å²) in [7, 11) is 0. The average Bonchev–Trinajstić information content (AvgIpc) is 2.74. The molecule has 0 aliphatic carbocycles. The molecule has 3 rings (SSSR count). The predicted octanol–water partition coefficient (Wildman–Crippen LogP) is 3.83. The minimum absolute atomic E-state index is 0.348. The topological polar surface area (TPSA) is 76.2 Å². The van der Waals surface area contributed by atoms with Gasteiger partial charge in [0.2, 0.25) is 0 Å². The van der Waals surface area contributed by atoms with E-state index in [2.05, 4.69) is 80.9 Å². The van der Waals surface area contributed by atoms with Gasteiger partial charge in [0, 0.05) is 43.4 Å². The number of nitrogens with two attached hydrogens (primary N) is 1. The maximum atomic E-state index is 6.16. The zero-order valence-electron chi connectivity index (χ0n) is 18.6. The molecule has 5 nitrogen and oxygen atoms in total. The largest absolute Gasteiger partial charge is 0.387 e. The first-order valence-electron chi connectivity index (χ1n) is 11.0. The van der Waals surface area contributed by atoms with Gasteiger partial charge in [-0.15, -0.1) is 0 Å². The molecular formula is C26H33N5. The van der Waals surface area contributed by atoms with Crippen LogP contribution in [0, 0.1) is 13.8 Å². The molecule has 3 aromatic rings. The summed E-state index contributed by atoms with van der Waals surface area (Å²) in [6.45, 7) is 5.40. The molecular weight excluding hydrogens is 382 g/mol. The van der Waals surface area contributed by atoms with Crippen molar-refractivity contribution in [2.45, 2.75) is 45.6 Å². The van der Waals surface area contributed by atoms with Crippen LogP contribution in [0.5, 0.6) is 0 Å². The van der Waals surface area contributed by atoms with Crippen LogP contribution in [0.25, 0.3) is 0 Å². The second-order valence-electron chi connectivity index (χ2n) is 7.97. The maximum Gasteiger partial charge on any atom is 0.130 e. The molecule has 0 bridgehead atoms. The number of aromatic nitrogens is 2. The Kier molecular flexibility index (Phi) is 8.73. The molecule has 0 saturated carbocycles. The highest BCUT2D eigenvalue weighted by molar-refractivity contribution is 5.80. The molecule has 0 aliphatic rings. The van der Waals surface area contributed by atoms with Crippen molar-refractivity contribution in [3.63, 3.8) is 0 Å². The molecule has 3 N–H and O–H groups in total. The molecule has 0 aliphatic heterocycles. The Hall–Kier alpha value is -3.05. The monoisotopic (exact) mass is 415 g/mol. The highest BCUT2D eigenvalue weighted by atomic mass is 14.9. The Balaban J connectivity index is 1.49. The summed E-state index contributed by atoms with van der Waals surface area (Å²) in [5.41, 5.74) is 10.8. The van der Waals surface area contributed by atoms with Gasteiger partial charge in [-0.1, -0.05) is 60.7 Å². The molecule has 1 aromatic heterocycles. The molecule has 0 unspecified atom stereocenters. The number of rotatable bonds is 11. The van der Waals surface area contributed by atoms with Gasteiger partial charge in [0.1, 0.15) is 5.82 Å². The summed E-state index contributed by atoms with van der Waals surface area (Å²) < 4.78 is 0. The predicted molar refractivity (Wildman–Crippen MR) is 128 cm³/mol. The fourth-order valence-electron chi connectivity index (χ4n) is 3.71. The van der Waals surface area contributed by atoms with Crippen LogP contribution in [0.4, 0.5) is 0 Å². The van der Waals surface area contributed by atoms with Crippen molar-refractivity contribution in [3.8, 4) is 0 Å². The summed E-state index contributed by atoms with van der Waals surface area (Å²) in [5, 5.41) is 3.69. The summed E-state index contributed by atoms with van der Waals surface area (Å²) >= 11 is 0. The Labute approximate surface area is 185 Å². The van der Waals surface area contributed by atoms with Gasteiger partial charge in [0.05, 0.1) is 5.84 Å². The lowest BCUT2D eigenvalue weighted by Crippen LogP contribution is -2.35. The Bertz CT molecular complexity index is 892. The highest BCUT2D eigenvalue weighted by Gasteiger charge is 2.10. The van der Waals surface area contributed by atoms with Crippen LogP contribution >= 0.6 is 0 Å². The van der Waals surface area contributed by atoms with Crippen LogP contribution in [0.1, 0.15) is 34.8 Å². The molecule has 0 spiro atoms. The van der Waals surface area contributed by atoms with E-state index in [9.17, 15) is 0 Å². The van der Waals surface area contributed by atoms with E-state index < -0.39 is 0 Å². The number of hydrogen-bond donors (Lipinski definition) is 2. The first-order valence-corrected chi connectivity index (χ1v) is 11.0. The second kappa shape index (κ2) is 12.0. The van der Waals surface area contributed by atoms with Crippen LogP contribution in [0.15, 0.2) is 71.7 Å². The van der Waals surface area contributed by atoms with Gasteiger partial charge in [-0.25, -0.2) is 9.97 Å². The van der Waals surface area contributed by atoms with E-state index in [4.69, 9.17) is 5.73 Å². The van der Waals surface area contributed by atoms with E-state index in [-0.39, 0.29) is 0 Å². The molecule has 0 radical (unpaired) electrons. The van der Waals surface area contributed by atoms with Crippen molar-refractivity contribution in [1.29, 1.82) is 0 Å². The Morgan fingerprint density at radius 1 is 0.903 bits per heavy atom. The lowest BCUT2D eigenvalue weighted by molar-refractivity contribution is 0.513. The minimum Gasteiger partial charge on any atom is -0.387 e. The van der Waals surface area contributed by atoms with Crippen LogP contribution in [0.3, 0.4) is 0 Å². The minimum atomic E-state index is 0.348. The first-order chi connectivity index (χ1) is 15.1. The third-order valence-electron chi connectivity index (χ3n) is 5.14. The molecule has 0 saturated heterocycles. The average molecular weight is 416 g/mol. The summed E-state index contributed by atoms with van der Waals surface area (Å²) in [5.74, 6) is 1.51. The number of aryl methyl sites for hydroxylation is 2. The van der Waals surface area contributed by atoms with Gasteiger partial charge in [-0.2, -0.15) is 0 Å². The Morgan fingerprint density at radius 2 is 1.45 bits per heavy atom. The van der Waals surface area contributed by atoms with Crippen LogP contribution in [-0.2, 0) is 19.3 Å². The van der Waals surface area contributed by atoms with E-state index in [0.717, 1.165) is 43.0 Å². The molecule has 2 aromatic carbocycles.